The second-order valence-electron chi connectivity index (χ2n) is 5.20. The molecule has 0 bridgehead atoms. The van der Waals surface area contributed by atoms with Gasteiger partial charge in [-0.2, -0.15) is 13.2 Å². The second kappa shape index (κ2) is 7.65. The fraction of sp³-hybridized carbons (Fsp3) is 0.118. The van der Waals surface area contributed by atoms with Gasteiger partial charge in [0.15, 0.2) is 0 Å². The Morgan fingerprint density at radius 1 is 1.15 bits per heavy atom. The molecule has 0 saturated heterocycles. The topological polar surface area (TPSA) is 76.4 Å². The SMILES string of the molecule is CN=C(Nc1ccccc1N)C(=C(N)C(F)(F)F)c1ccc(F)cc1Cl. The summed E-state index contributed by atoms with van der Waals surface area (Å²) in [7, 11) is 1.28. The molecule has 0 fully saturated rings. The van der Waals surface area contributed by atoms with E-state index in [0.717, 1.165) is 18.2 Å². The van der Waals surface area contributed by atoms with Crippen molar-refractivity contribution in [2.75, 3.05) is 18.1 Å². The predicted octanol–water partition coefficient (Wildman–Crippen LogP) is 4.43. The first kappa shape index (κ1) is 19.6. The monoisotopic (exact) mass is 386 g/mol. The van der Waals surface area contributed by atoms with E-state index in [1.165, 1.54) is 7.05 Å². The minimum atomic E-state index is -4.85. The molecule has 138 valence electrons. The lowest BCUT2D eigenvalue weighted by atomic mass is 10.0. The molecule has 5 N–H and O–H groups in total. The number of benzene rings is 2. The van der Waals surface area contributed by atoms with E-state index in [2.05, 4.69) is 10.3 Å². The van der Waals surface area contributed by atoms with Crippen LogP contribution in [0.1, 0.15) is 5.56 Å². The second-order valence-corrected chi connectivity index (χ2v) is 5.60. The Balaban J connectivity index is 2.65. The van der Waals surface area contributed by atoms with Crippen LogP contribution in [-0.2, 0) is 0 Å². The van der Waals surface area contributed by atoms with Gasteiger partial charge in [-0.05, 0) is 30.3 Å². The average Bonchev–Trinajstić information content (AvgIpc) is 2.56. The maximum atomic E-state index is 13.3. The van der Waals surface area contributed by atoms with E-state index in [0.29, 0.717) is 11.4 Å². The normalized spacial score (nSPS) is 13.4. The maximum absolute atomic E-state index is 13.3. The third kappa shape index (κ3) is 4.26. The number of nitrogens with one attached hydrogen (secondary N) is 1. The first-order valence-corrected chi connectivity index (χ1v) is 7.64. The van der Waals surface area contributed by atoms with Crippen molar-refractivity contribution >= 4 is 34.4 Å². The highest BCUT2D eigenvalue weighted by molar-refractivity contribution is 6.37. The Bertz CT molecular complexity index is 875. The average molecular weight is 387 g/mol. The van der Waals surface area contributed by atoms with Crippen molar-refractivity contribution in [3.8, 4) is 0 Å². The molecule has 0 atom stereocenters. The number of rotatable bonds is 3. The lowest BCUT2D eigenvalue weighted by Crippen LogP contribution is -2.27. The van der Waals surface area contributed by atoms with E-state index in [4.69, 9.17) is 23.1 Å². The van der Waals surface area contributed by atoms with Gasteiger partial charge in [0, 0.05) is 12.6 Å². The molecule has 0 aliphatic heterocycles. The first-order valence-electron chi connectivity index (χ1n) is 7.26. The maximum Gasteiger partial charge on any atom is 0.431 e. The van der Waals surface area contributed by atoms with E-state index >= 15 is 0 Å². The summed E-state index contributed by atoms with van der Waals surface area (Å²) in [4.78, 5) is 3.86. The smallest absolute Gasteiger partial charge is 0.397 e. The number of alkyl halides is 3. The Morgan fingerprint density at radius 2 is 1.81 bits per heavy atom. The Morgan fingerprint density at radius 3 is 2.35 bits per heavy atom. The number of aliphatic imine (C=N–C) groups is 1. The van der Waals surface area contributed by atoms with Gasteiger partial charge in [0.1, 0.15) is 17.3 Å². The summed E-state index contributed by atoms with van der Waals surface area (Å²) in [6.45, 7) is 0. The van der Waals surface area contributed by atoms with Crippen molar-refractivity contribution in [1.82, 2.24) is 0 Å². The summed E-state index contributed by atoms with van der Waals surface area (Å²) in [6.07, 6.45) is -4.85. The van der Waals surface area contributed by atoms with E-state index in [1.54, 1.807) is 24.3 Å². The van der Waals surface area contributed by atoms with Crippen molar-refractivity contribution in [2.24, 2.45) is 10.7 Å². The molecular formula is C17H15ClF4N4. The van der Waals surface area contributed by atoms with E-state index < -0.39 is 23.3 Å². The van der Waals surface area contributed by atoms with Crippen LogP contribution in [-0.4, -0.2) is 19.1 Å². The number of hydrogen-bond donors (Lipinski definition) is 3. The van der Waals surface area contributed by atoms with Crippen LogP contribution in [0.15, 0.2) is 53.2 Å². The van der Waals surface area contributed by atoms with E-state index in [1.807, 2.05) is 0 Å². The molecule has 2 rings (SSSR count). The fourth-order valence-electron chi connectivity index (χ4n) is 2.20. The summed E-state index contributed by atoms with van der Waals surface area (Å²) in [5, 5.41) is 2.49. The van der Waals surface area contributed by atoms with Gasteiger partial charge in [0.05, 0.1) is 22.0 Å². The molecule has 0 heterocycles. The van der Waals surface area contributed by atoms with Gasteiger partial charge in [-0.1, -0.05) is 23.7 Å². The molecule has 0 radical (unpaired) electrons. The van der Waals surface area contributed by atoms with Crippen molar-refractivity contribution < 1.29 is 17.6 Å². The van der Waals surface area contributed by atoms with Crippen molar-refractivity contribution in [2.45, 2.75) is 6.18 Å². The molecule has 26 heavy (non-hydrogen) atoms. The molecule has 4 nitrogen and oxygen atoms in total. The summed E-state index contributed by atoms with van der Waals surface area (Å²) in [6, 6.07) is 9.42. The summed E-state index contributed by atoms with van der Waals surface area (Å²) in [5.74, 6) is -0.912. The predicted molar refractivity (Wildman–Crippen MR) is 96.4 cm³/mol. The van der Waals surface area contributed by atoms with Crippen LogP contribution < -0.4 is 16.8 Å². The number of para-hydroxylation sites is 2. The molecular weight excluding hydrogens is 372 g/mol. The zero-order valence-electron chi connectivity index (χ0n) is 13.5. The zero-order chi connectivity index (χ0) is 19.5. The van der Waals surface area contributed by atoms with Crippen LogP contribution in [0.5, 0.6) is 0 Å². The van der Waals surface area contributed by atoms with Crippen LogP contribution in [0.2, 0.25) is 5.02 Å². The lowest BCUT2D eigenvalue weighted by molar-refractivity contribution is -0.0919. The number of nitrogens with zero attached hydrogens (tertiary/aromatic N) is 1. The van der Waals surface area contributed by atoms with Crippen LogP contribution in [0.3, 0.4) is 0 Å². The highest BCUT2D eigenvalue weighted by atomic mass is 35.5. The number of nitrogens with two attached hydrogens (primary N) is 2. The molecule has 2 aromatic rings. The van der Waals surface area contributed by atoms with Gasteiger partial charge in [-0.15, -0.1) is 0 Å². The number of amidine groups is 1. The largest absolute Gasteiger partial charge is 0.431 e. The Labute approximate surface area is 152 Å². The first-order chi connectivity index (χ1) is 12.1. The molecule has 2 aromatic carbocycles. The Hall–Kier alpha value is -2.74. The Kier molecular flexibility index (Phi) is 5.76. The molecule has 0 aromatic heterocycles. The van der Waals surface area contributed by atoms with Crippen molar-refractivity contribution in [3.05, 3.63) is 64.6 Å². The zero-order valence-corrected chi connectivity index (χ0v) is 14.3. The van der Waals surface area contributed by atoms with E-state index in [9.17, 15) is 17.6 Å². The molecule has 0 aliphatic carbocycles. The molecule has 0 spiro atoms. The number of allylic oxidation sites excluding steroid dienone is 1. The van der Waals surface area contributed by atoms with Crippen LogP contribution in [0.25, 0.3) is 5.57 Å². The molecule has 9 heteroatoms. The fourth-order valence-corrected chi connectivity index (χ4v) is 2.46. The van der Waals surface area contributed by atoms with Crippen LogP contribution in [0.4, 0.5) is 28.9 Å². The third-order valence-corrected chi connectivity index (χ3v) is 3.76. The molecule has 0 saturated carbocycles. The minimum Gasteiger partial charge on any atom is -0.397 e. The molecule has 0 unspecified atom stereocenters. The standard InChI is InChI=1S/C17H15ClF4N4/c1-25-16(26-13-5-3-2-4-12(13)23)14(15(24)17(20,21)22)10-7-6-9(19)8-11(10)18/h2-8H,23-24H2,1H3,(H,25,26). The van der Waals surface area contributed by atoms with Gasteiger partial charge in [0.25, 0.3) is 0 Å². The summed E-state index contributed by atoms with van der Waals surface area (Å²) >= 11 is 5.95. The van der Waals surface area contributed by atoms with Crippen LogP contribution >= 0.6 is 11.6 Å². The van der Waals surface area contributed by atoms with Gasteiger partial charge in [0.2, 0.25) is 0 Å². The number of anilines is 2. The van der Waals surface area contributed by atoms with Crippen LogP contribution in [0, 0.1) is 5.82 Å². The number of hydrogen-bond acceptors (Lipinski definition) is 3. The third-order valence-electron chi connectivity index (χ3n) is 3.45. The number of nitrogen functional groups attached to an aromatic ring is 1. The van der Waals surface area contributed by atoms with E-state index in [-0.39, 0.29) is 16.4 Å². The van der Waals surface area contributed by atoms with Gasteiger partial charge in [-0.3, -0.25) is 4.99 Å². The minimum absolute atomic E-state index is 0.120. The van der Waals surface area contributed by atoms with Gasteiger partial charge in [-0.25, -0.2) is 4.39 Å². The lowest BCUT2D eigenvalue weighted by Gasteiger charge is -2.19. The number of halogens is 5. The van der Waals surface area contributed by atoms with Crippen molar-refractivity contribution in [1.29, 1.82) is 0 Å². The van der Waals surface area contributed by atoms with Gasteiger partial charge >= 0.3 is 6.18 Å². The highest BCUT2D eigenvalue weighted by Crippen LogP contribution is 2.34. The summed E-state index contributed by atoms with van der Waals surface area (Å²) < 4.78 is 53.2. The molecule has 0 aliphatic rings. The van der Waals surface area contributed by atoms with Crippen molar-refractivity contribution in [3.63, 3.8) is 0 Å². The molecule has 0 amide bonds. The summed E-state index contributed by atoms with van der Waals surface area (Å²) in [5.41, 5.74) is 9.74. The quantitative estimate of drug-likeness (QED) is 0.316. The highest BCUT2D eigenvalue weighted by Gasteiger charge is 2.36. The van der Waals surface area contributed by atoms with Gasteiger partial charge < -0.3 is 16.8 Å².